The van der Waals surface area contributed by atoms with Crippen molar-refractivity contribution in [1.29, 1.82) is 0 Å². The molecule has 3 rings (SSSR count). The zero-order chi connectivity index (χ0) is 15.5. The van der Waals surface area contributed by atoms with Gasteiger partial charge in [-0.05, 0) is 34.1 Å². The molecule has 0 atom stereocenters. The first-order valence-electron chi connectivity index (χ1n) is 7.03. The van der Waals surface area contributed by atoms with Crippen LogP contribution in [-0.2, 0) is 0 Å². The van der Waals surface area contributed by atoms with Crippen molar-refractivity contribution in [3.63, 3.8) is 0 Å². The van der Waals surface area contributed by atoms with Gasteiger partial charge in [0.2, 0.25) is 0 Å². The summed E-state index contributed by atoms with van der Waals surface area (Å²) in [4.78, 5) is 28.4. The third-order valence-electron chi connectivity index (χ3n) is 3.69. The van der Waals surface area contributed by atoms with Crippen molar-refractivity contribution in [3.8, 4) is 0 Å². The van der Waals surface area contributed by atoms with Gasteiger partial charge in [-0.2, -0.15) is 0 Å². The molecule has 1 saturated heterocycles. The van der Waals surface area contributed by atoms with Gasteiger partial charge in [-0.1, -0.05) is 18.2 Å². The van der Waals surface area contributed by atoms with Crippen LogP contribution in [0.4, 0.5) is 0 Å². The van der Waals surface area contributed by atoms with Gasteiger partial charge < -0.3 is 9.80 Å². The van der Waals surface area contributed by atoms with E-state index < -0.39 is 0 Å². The van der Waals surface area contributed by atoms with E-state index in [-0.39, 0.29) is 11.8 Å². The number of nitrogens with zero attached hydrogens (tertiary/aromatic N) is 2. The Morgan fingerprint density at radius 3 is 1.95 bits per heavy atom. The van der Waals surface area contributed by atoms with Crippen molar-refractivity contribution in [1.82, 2.24) is 9.80 Å². The number of thiophene rings is 1. The maximum Gasteiger partial charge on any atom is 0.254 e. The van der Waals surface area contributed by atoms with Crippen molar-refractivity contribution in [2.75, 3.05) is 26.2 Å². The molecule has 0 N–H and O–H groups in total. The lowest BCUT2D eigenvalue weighted by atomic mass is 10.1. The normalized spacial score (nSPS) is 15.0. The second-order valence-corrected chi connectivity index (χ2v) is 7.38. The molecular weight excluding hydrogens is 364 g/mol. The predicted molar refractivity (Wildman–Crippen MR) is 90.3 cm³/mol. The summed E-state index contributed by atoms with van der Waals surface area (Å²) >= 11 is 4.88. The highest BCUT2D eigenvalue weighted by Gasteiger charge is 2.25. The molecule has 2 aromatic rings. The van der Waals surface area contributed by atoms with Crippen molar-refractivity contribution in [2.45, 2.75) is 0 Å². The number of amides is 2. The van der Waals surface area contributed by atoms with Gasteiger partial charge in [0.05, 0.1) is 9.35 Å². The average molecular weight is 379 g/mol. The number of piperazine rings is 1. The van der Waals surface area contributed by atoms with Crippen molar-refractivity contribution >= 4 is 39.1 Å². The van der Waals surface area contributed by atoms with Crippen molar-refractivity contribution in [2.24, 2.45) is 0 Å². The van der Waals surface area contributed by atoms with Gasteiger partial charge in [0.1, 0.15) is 0 Å². The molecule has 0 radical (unpaired) electrons. The zero-order valence-corrected chi connectivity index (χ0v) is 14.3. The number of carbonyl (C=O) groups excluding carboxylic acids is 2. The molecule has 114 valence electrons. The minimum atomic E-state index is 0.0333. The number of hydrogen-bond acceptors (Lipinski definition) is 3. The third kappa shape index (κ3) is 3.23. The smallest absolute Gasteiger partial charge is 0.254 e. The number of hydrogen-bond donors (Lipinski definition) is 0. The summed E-state index contributed by atoms with van der Waals surface area (Å²) < 4.78 is 0.953. The van der Waals surface area contributed by atoms with Gasteiger partial charge in [0.25, 0.3) is 11.8 Å². The van der Waals surface area contributed by atoms with Crippen LogP contribution in [0.5, 0.6) is 0 Å². The fourth-order valence-electron chi connectivity index (χ4n) is 2.48. The van der Waals surface area contributed by atoms with E-state index in [1.54, 1.807) is 0 Å². The maximum absolute atomic E-state index is 12.4. The number of carbonyl (C=O) groups is 2. The second kappa shape index (κ2) is 6.62. The molecule has 1 aliphatic heterocycles. The Balaban J connectivity index is 1.61. The van der Waals surface area contributed by atoms with Crippen LogP contribution in [0.2, 0.25) is 0 Å². The van der Waals surface area contributed by atoms with Crippen LogP contribution in [0.15, 0.2) is 45.6 Å². The third-order valence-corrected chi connectivity index (χ3v) is 5.19. The molecule has 1 aromatic heterocycles. The highest BCUT2D eigenvalue weighted by atomic mass is 79.9. The lowest BCUT2D eigenvalue weighted by molar-refractivity contribution is 0.0536. The maximum atomic E-state index is 12.4. The minimum absolute atomic E-state index is 0.0333. The van der Waals surface area contributed by atoms with Crippen LogP contribution in [0.25, 0.3) is 0 Å². The van der Waals surface area contributed by atoms with Crippen molar-refractivity contribution in [3.05, 3.63) is 56.7 Å². The van der Waals surface area contributed by atoms with Crippen LogP contribution in [-0.4, -0.2) is 47.8 Å². The number of halogens is 1. The molecule has 6 heteroatoms. The Labute approximate surface area is 141 Å². The molecule has 0 bridgehead atoms. The molecule has 0 aliphatic carbocycles. The van der Waals surface area contributed by atoms with E-state index in [2.05, 4.69) is 15.9 Å². The zero-order valence-electron chi connectivity index (χ0n) is 11.9. The molecule has 0 unspecified atom stereocenters. The first-order valence-corrected chi connectivity index (χ1v) is 8.70. The van der Waals surface area contributed by atoms with Crippen molar-refractivity contribution < 1.29 is 9.59 Å². The average Bonchev–Trinajstić information content (AvgIpc) is 3.01. The first-order chi connectivity index (χ1) is 10.6. The quantitative estimate of drug-likeness (QED) is 0.805. The highest BCUT2D eigenvalue weighted by Crippen LogP contribution is 2.22. The molecule has 2 amide bonds. The summed E-state index contributed by atoms with van der Waals surface area (Å²) in [6, 6.07) is 11.1. The van der Waals surface area contributed by atoms with E-state index in [4.69, 9.17) is 0 Å². The van der Waals surface area contributed by atoms with Crippen LogP contribution < -0.4 is 0 Å². The van der Waals surface area contributed by atoms with Gasteiger partial charge in [-0.25, -0.2) is 0 Å². The summed E-state index contributed by atoms with van der Waals surface area (Å²) in [5, 5.41) is 1.86. The van der Waals surface area contributed by atoms with E-state index in [0.29, 0.717) is 37.3 Å². The van der Waals surface area contributed by atoms with E-state index in [9.17, 15) is 9.59 Å². The van der Waals surface area contributed by atoms with Crippen LogP contribution >= 0.6 is 27.3 Å². The Morgan fingerprint density at radius 1 is 0.909 bits per heavy atom. The molecule has 1 aromatic carbocycles. The first kappa shape index (κ1) is 15.2. The summed E-state index contributed by atoms with van der Waals surface area (Å²) in [6.07, 6.45) is 0. The van der Waals surface area contributed by atoms with Crippen LogP contribution in [0, 0.1) is 0 Å². The molecular formula is C16H15BrN2O2S. The van der Waals surface area contributed by atoms with E-state index in [0.717, 1.165) is 3.79 Å². The topological polar surface area (TPSA) is 40.6 Å². The lowest BCUT2D eigenvalue weighted by Gasteiger charge is -2.34. The molecule has 2 heterocycles. The standard InChI is InChI=1S/C16H15BrN2O2S/c17-14-10-13(11-22-14)16(21)19-8-6-18(7-9-19)15(20)12-4-2-1-3-5-12/h1-5,10-11H,6-9H2. The molecule has 1 fully saturated rings. The Hall–Kier alpha value is -1.66. The van der Waals surface area contributed by atoms with Gasteiger partial charge in [-0.3, -0.25) is 9.59 Å². The Kier molecular flexibility index (Phi) is 4.59. The summed E-state index contributed by atoms with van der Waals surface area (Å²) in [5.74, 6) is 0.0692. The molecule has 1 aliphatic rings. The molecule has 4 nitrogen and oxygen atoms in total. The fraction of sp³-hybridized carbons (Fsp3) is 0.250. The predicted octanol–water partition coefficient (Wildman–Crippen LogP) is 3.11. The van der Waals surface area contributed by atoms with Crippen LogP contribution in [0.1, 0.15) is 20.7 Å². The van der Waals surface area contributed by atoms with Gasteiger partial charge in [0, 0.05) is 37.1 Å². The second-order valence-electron chi connectivity index (χ2n) is 5.09. The van der Waals surface area contributed by atoms with Gasteiger partial charge in [-0.15, -0.1) is 11.3 Å². The molecule has 22 heavy (non-hydrogen) atoms. The number of rotatable bonds is 2. The Morgan fingerprint density at radius 2 is 1.45 bits per heavy atom. The number of benzene rings is 1. The summed E-state index contributed by atoms with van der Waals surface area (Å²) in [5.41, 5.74) is 1.41. The monoisotopic (exact) mass is 378 g/mol. The minimum Gasteiger partial charge on any atom is -0.335 e. The lowest BCUT2D eigenvalue weighted by Crippen LogP contribution is -2.50. The van der Waals surface area contributed by atoms with E-state index in [1.807, 2.05) is 51.6 Å². The molecule has 0 spiro atoms. The van der Waals surface area contributed by atoms with Gasteiger partial charge in [0.15, 0.2) is 0 Å². The summed E-state index contributed by atoms with van der Waals surface area (Å²) in [7, 11) is 0. The fourth-order valence-corrected chi connectivity index (χ4v) is 3.61. The van der Waals surface area contributed by atoms with E-state index in [1.165, 1.54) is 11.3 Å². The van der Waals surface area contributed by atoms with Gasteiger partial charge >= 0.3 is 0 Å². The largest absolute Gasteiger partial charge is 0.335 e. The SMILES string of the molecule is O=C(c1ccccc1)N1CCN(C(=O)c2csc(Br)c2)CC1. The van der Waals surface area contributed by atoms with E-state index >= 15 is 0 Å². The summed E-state index contributed by atoms with van der Waals surface area (Å²) in [6.45, 7) is 2.30. The Bertz CT molecular complexity index is 678. The highest BCUT2D eigenvalue weighted by molar-refractivity contribution is 9.11. The molecule has 0 saturated carbocycles. The van der Waals surface area contributed by atoms with Crippen LogP contribution in [0.3, 0.4) is 0 Å².